The molecule has 0 aliphatic carbocycles. The Labute approximate surface area is 225 Å². The van der Waals surface area contributed by atoms with Crippen molar-refractivity contribution in [1.29, 1.82) is 0 Å². The minimum Gasteiger partial charge on any atom is -0.497 e. The number of benzene rings is 2. The van der Waals surface area contributed by atoms with E-state index in [9.17, 15) is 18.3 Å². The highest BCUT2D eigenvalue weighted by Gasteiger charge is 2.47. The first-order valence-corrected chi connectivity index (χ1v) is 14.7. The number of hydrogen-bond acceptors (Lipinski definition) is 7. The first kappa shape index (κ1) is 28.2. The maximum Gasteiger partial charge on any atom is 0.309 e. The first-order chi connectivity index (χ1) is 18.1. The molecule has 10 heteroatoms. The first-order valence-electron chi connectivity index (χ1n) is 13.1. The van der Waals surface area contributed by atoms with Crippen LogP contribution in [0.25, 0.3) is 0 Å². The molecule has 208 valence electrons. The molecule has 1 N–H and O–H groups in total. The fourth-order valence-corrected chi connectivity index (χ4v) is 7.18. The van der Waals surface area contributed by atoms with E-state index in [-0.39, 0.29) is 24.4 Å². The number of hydrogen-bond donors (Lipinski definition) is 1. The summed E-state index contributed by atoms with van der Waals surface area (Å²) in [6.07, 6.45) is 0.544. The van der Waals surface area contributed by atoms with Gasteiger partial charge in [-0.15, -0.1) is 0 Å². The predicted octanol–water partition coefficient (Wildman–Crippen LogP) is 3.96. The third-order valence-corrected chi connectivity index (χ3v) is 9.27. The van der Waals surface area contributed by atoms with Crippen LogP contribution in [0.15, 0.2) is 42.5 Å². The van der Waals surface area contributed by atoms with E-state index in [1.807, 2.05) is 63.2 Å². The van der Waals surface area contributed by atoms with Crippen LogP contribution >= 0.6 is 0 Å². The summed E-state index contributed by atoms with van der Waals surface area (Å²) in [7, 11) is -1.82. The van der Waals surface area contributed by atoms with Gasteiger partial charge in [0.2, 0.25) is 16.8 Å². The predicted molar refractivity (Wildman–Crippen MR) is 144 cm³/mol. The van der Waals surface area contributed by atoms with Gasteiger partial charge in [-0.25, -0.2) is 12.7 Å². The Bertz CT molecular complexity index is 1220. The zero-order valence-corrected chi connectivity index (χ0v) is 23.3. The lowest BCUT2D eigenvalue weighted by Crippen LogP contribution is -2.42. The number of carboxylic acid groups (broad SMARTS) is 1. The van der Waals surface area contributed by atoms with Crippen molar-refractivity contribution in [3.8, 4) is 17.2 Å². The molecule has 4 rings (SSSR count). The highest BCUT2D eigenvalue weighted by Crippen LogP contribution is 2.47. The van der Waals surface area contributed by atoms with Gasteiger partial charge in [0.05, 0.1) is 18.8 Å². The second-order valence-electron chi connectivity index (χ2n) is 10.4. The molecular weight excluding hydrogens is 508 g/mol. The number of fused-ring (bicyclic) bond motifs is 1. The van der Waals surface area contributed by atoms with Gasteiger partial charge in [0.25, 0.3) is 0 Å². The van der Waals surface area contributed by atoms with Crippen molar-refractivity contribution >= 4 is 16.0 Å². The minimum absolute atomic E-state index is 0.0964. The van der Waals surface area contributed by atoms with Gasteiger partial charge in [-0.2, -0.15) is 0 Å². The molecule has 0 saturated carbocycles. The van der Waals surface area contributed by atoms with Gasteiger partial charge in [0.15, 0.2) is 11.5 Å². The number of likely N-dealkylation sites (tertiary alicyclic amines) is 1. The normalized spacial score (nSPS) is 21.4. The van der Waals surface area contributed by atoms with Crippen molar-refractivity contribution in [2.45, 2.75) is 39.2 Å². The average molecular weight is 547 g/mol. The molecule has 3 atom stereocenters. The number of carbonyl (C=O) groups is 1. The number of methoxy groups -OCH3 is 1. The zero-order valence-electron chi connectivity index (χ0n) is 22.5. The van der Waals surface area contributed by atoms with Crippen LogP contribution in [0.3, 0.4) is 0 Å². The second-order valence-corrected chi connectivity index (χ2v) is 12.5. The number of aliphatic carboxylic acids is 1. The number of nitrogens with zero attached hydrogens (tertiary/aromatic N) is 2. The van der Waals surface area contributed by atoms with Crippen LogP contribution in [0.1, 0.15) is 50.3 Å². The Balaban J connectivity index is 1.68. The molecule has 0 bridgehead atoms. The molecule has 0 spiro atoms. The van der Waals surface area contributed by atoms with Crippen molar-refractivity contribution in [3.63, 3.8) is 0 Å². The zero-order chi connectivity index (χ0) is 27.4. The van der Waals surface area contributed by atoms with Gasteiger partial charge >= 0.3 is 5.97 Å². The van der Waals surface area contributed by atoms with Crippen LogP contribution in [0.4, 0.5) is 0 Å². The SMILES string of the molecule is CCCS(=O)(=O)N(CCN1CC(c2ccc3c(c2)OCO3)[C@H](C(=O)O)[C@H]1c1ccc(OC)cc1)CC(C)C. The monoisotopic (exact) mass is 546 g/mol. The Hall–Kier alpha value is -2.82. The van der Waals surface area contributed by atoms with E-state index in [4.69, 9.17) is 14.2 Å². The van der Waals surface area contributed by atoms with Gasteiger partial charge < -0.3 is 19.3 Å². The minimum atomic E-state index is -3.41. The molecule has 2 aliphatic heterocycles. The molecule has 2 aromatic rings. The van der Waals surface area contributed by atoms with E-state index in [0.29, 0.717) is 49.8 Å². The standard InChI is InChI=1S/C28H38N2O7S/c1-5-14-38(33,34)30(16-19(2)3)13-12-29-17-23(21-8-11-24-25(15-21)37-18-36-24)26(28(31)32)27(29)20-6-9-22(35-4)10-7-20/h6-11,15,19,23,26-27H,5,12-14,16-18H2,1-4H3,(H,31,32)/t23?,26-,27+/m0/s1. The van der Waals surface area contributed by atoms with Crippen LogP contribution in [0.2, 0.25) is 0 Å². The highest BCUT2D eigenvalue weighted by molar-refractivity contribution is 7.89. The summed E-state index contributed by atoms with van der Waals surface area (Å²) in [6, 6.07) is 12.6. The summed E-state index contributed by atoms with van der Waals surface area (Å²) in [4.78, 5) is 14.9. The third-order valence-electron chi connectivity index (χ3n) is 7.23. The van der Waals surface area contributed by atoms with E-state index >= 15 is 0 Å². The smallest absolute Gasteiger partial charge is 0.309 e. The summed E-state index contributed by atoms with van der Waals surface area (Å²) in [6.45, 7) is 7.61. The molecule has 0 amide bonds. The van der Waals surface area contributed by atoms with E-state index in [1.165, 1.54) is 0 Å². The molecule has 1 unspecified atom stereocenters. The van der Waals surface area contributed by atoms with Gasteiger partial charge in [0, 0.05) is 38.1 Å². The maximum atomic E-state index is 13.0. The highest BCUT2D eigenvalue weighted by atomic mass is 32.2. The molecule has 38 heavy (non-hydrogen) atoms. The van der Waals surface area contributed by atoms with E-state index in [1.54, 1.807) is 11.4 Å². The lowest BCUT2D eigenvalue weighted by atomic mass is 9.82. The molecule has 1 saturated heterocycles. The second kappa shape index (κ2) is 11.9. The van der Waals surface area contributed by atoms with Crippen LogP contribution in [-0.4, -0.2) is 74.5 Å². The fraction of sp³-hybridized carbons (Fsp3) is 0.536. The van der Waals surface area contributed by atoms with Crippen molar-refractivity contribution < 1.29 is 32.5 Å². The molecule has 2 heterocycles. The summed E-state index contributed by atoms with van der Waals surface area (Å²) in [5.74, 6) is 0.256. The number of ether oxygens (including phenoxy) is 3. The molecular formula is C28H38N2O7S. The third kappa shape index (κ3) is 6.08. The number of sulfonamides is 1. The largest absolute Gasteiger partial charge is 0.497 e. The maximum absolute atomic E-state index is 13.0. The molecule has 0 aromatic heterocycles. The van der Waals surface area contributed by atoms with Crippen molar-refractivity contribution in [2.24, 2.45) is 11.8 Å². The topological polar surface area (TPSA) is 106 Å². The lowest BCUT2D eigenvalue weighted by molar-refractivity contribution is -0.143. The van der Waals surface area contributed by atoms with Crippen LogP contribution in [-0.2, 0) is 14.8 Å². The van der Waals surface area contributed by atoms with Crippen LogP contribution in [0.5, 0.6) is 17.2 Å². The van der Waals surface area contributed by atoms with Crippen molar-refractivity contribution in [1.82, 2.24) is 9.21 Å². The fourth-order valence-electron chi connectivity index (χ4n) is 5.52. The van der Waals surface area contributed by atoms with Gasteiger partial charge in [-0.1, -0.05) is 39.0 Å². The van der Waals surface area contributed by atoms with Gasteiger partial charge in [0.1, 0.15) is 5.75 Å². The molecule has 2 aliphatic rings. The Kier molecular flexibility index (Phi) is 8.85. The van der Waals surface area contributed by atoms with E-state index in [0.717, 1.165) is 11.1 Å². The molecule has 0 radical (unpaired) electrons. The van der Waals surface area contributed by atoms with Gasteiger partial charge in [-0.05, 0) is 47.7 Å². The van der Waals surface area contributed by atoms with E-state index in [2.05, 4.69) is 4.90 Å². The van der Waals surface area contributed by atoms with E-state index < -0.39 is 28.0 Å². The van der Waals surface area contributed by atoms with Crippen LogP contribution in [0, 0.1) is 11.8 Å². The summed E-state index contributed by atoms with van der Waals surface area (Å²) in [5, 5.41) is 10.5. The van der Waals surface area contributed by atoms with Crippen LogP contribution < -0.4 is 14.2 Å². The summed E-state index contributed by atoms with van der Waals surface area (Å²) in [5.41, 5.74) is 1.72. The van der Waals surface area contributed by atoms with Crippen molar-refractivity contribution in [3.05, 3.63) is 53.6 Å². The number of rotatable bonds is 12. The molecule has 9 nitrogen and oxygen atoms in total. The Morgan fingerprint density at radius 2 is 1.82 bits per heavy atom. The molecule has 2 aromatic carbocycles. The molecule has 1 fully saturated rings. The Morgan fingerprint density at radius 1 is 1.13 bits per heavy atom. The number of carboxylic acids is 1. The lowest BCUT2D eigenvalue weighted by Gasteiger charge is -2.30. The van der Waals surface area contributed by atoms with Crippen molar-refractivity contribution in [2.75, 3.05) is 45.8 Å². The summed E-state index contributed by atoms with van der Waals surface area (Å²) >= 11 is 0. The Morgan fingerprint density at radius 3 is 2.45 bits per heavy atom. The quantitative estimate of drug-likeness (QED) is 0.427. The van der Waals surface area contributed by atoms with Gasteiger partial charge in [-0.3, -0.25) is 9.69 Å². The summed E-state index contributed by atoms with van der Waals surface area (Å²) < 4.78 is 44.0. The average Bonchev–Trinajstić information content (AvgIpc) is 3.50.